The molecule has 0 atom stereocenters. The molecule has 0 saturated heterocycles. The molecule has 1 aliphatic rings. The maximum atomic E-state index is 12.9. The molecule has 0 saturated carbocycles. The number of ether oxygens (including phenoxy) is 2. The number of benzene rings is 1. The minimum absolute atomic E-state index is 0.102. The number of hydrogen-bond acceptors (Lipinski definition) is 5. The molecular formula is C23H26N4O3. The van der Waals surface area contributed by atoms with Crippen LogP contribution < -0.4 is 19.7 Å². The van der Waals surface area contributed by atoms with Gasteiger partial charge in [0.2, 0.25) is 0 Å². The molecule has 4 rings (SSSR count). The smallest absolute Gasteiger partial charge is 0.253 e. The lowest BCUT2D eigenvalue weighted by Crippen LogP contribution is -2.23. The van der Waals surface area contributed by atoms with Crippen LogP contribution in [0.1, 0.15) is 27.3 Å². The Kier molecular flexibility index (Phi) is 5.35. The van der Waals surface area contributed by atoms with Crippen molar-refractivity contribution < 1.29 is 14.3 Å². The van der Waals surface area contributed by atoms with Gasteiger partial charge in [-0.05, 0) is 49.7 Å². The molecule has 7 nitrogen and oxygen atoms in total. The van der Waals surface area contributed by atoms with Gasteiger partial charge < -0.3 is 24.3 Å². The van der Waals surface area contributed by atoms with E-state index >= 15 is 0 Å². The second kappa shape index (κ2) is 8.10. The minimum Gasteiger partial charge on any atom is -0.486 e. The lowest BCUT2D eigenvalue weighted by molar-refractivity contribution is 0.0950. The molecule has 1 aromatic carbocycles. The van der Waals surface area contributed by atoms with Gasteiger partial charge in [-0.25, -0.2) is 4.98 Å². The second-order valence-corrected chi connectivity index (χ2v) is 7.55. The predicted molar refractivity (Wildman–Crippen MR) is 116 cm³/mol. The van der Waals surface area contributed by atoms with Crippen LogP contribution in [0, 0.1) is 13.8 Å². The summed E-state index contributed by atoms with van der Waals surface area (Å²) in [5, 5.41) is 3.02. The van der Waals surface area contributed by atoms with Gasteiger partial charge in [-0.2, -0.15) is 0 Å². The molecule has 0 fully saturated rings. The van der Waals surface area contributed by atoms with Crippen molar-refractivity contribution in [1.82, 2.24) is 14.9 Å². The van der Waals surface area contributed by atoms with E-state index in [0.29, 0.717) is 25.3 Å². The van der Waals surface area contributed by atoms with E-state index in [1.54, 1.807) is 6.20 Å². The minimum atomic E-state index is -0.102. The number of aryl methyl sites for hydroxylation is 1. The number of pyridine rings is 1. The van der Waals surface area contributed by atoms with Crippen LogP contribution in [-0.2, 0) is 6.54 Å². The summed E-state index contributed by atoms with van der Waals surface area (Å²) in [4.78, 5) is 19.1. The number of amides is 1. The lowest BCUT2D eigenvalue weighted by Gasteiger charge is -2.20. The molecule has 3 aromatic rings. The van der Waals surface area contributed by atoms with Crippen LogP contribution in [0.15, 0.2) is 42.6 Å². The number of nitrogens with zero attached hydrogens (tertiary/aromatic N) is 3. The van der Waals surface area contributed by atoms with Crippen molar-refractivity contribution >= 4 is 11.7 Å². The molecule has 7 heteroatoms. The van der Waals surface area contributed by atoms with Crippen LogP contribution in [0.4, 0.5) is 5.82 Å². The molecule has 1 N–H and O–H groups in total. The van der Waals surface area contributed by atoms with Gasteiger partial charge >= 0.3 is 0 Å². The Morgan fingerprint density at radius 1 is 1.10 bits per heavy atom. The SMILES string of the molecule is Cc1cc(C(=O)NCc2ccnc(N(C)C)c2)c(C)n1-c1ccc2c(c1)OCCO2. The van der Waals surface area contributed by atoms with Crippen molar-refractivity contribution in [3.63, 3.8) is 0 Å². The lowest BCUT2D eigenvalue weighted by atomic mass is 10.2. The van der Waals surface area contributed by atoms with E-state index in [1.807, 2.05) is 69.2 Å². The summed E-state index contributed by atoms with van der Waals surface area (Å²) in [6.07, 6.45) is 1.75. The molecular weight excluding hydrogens is 380 g/mol. The van der Waals surface area contributed by atoms with Gasteiger partial charge in [0.1, 0.15) is 19.0 Å². The molecule has 30 heavy (non-hydrogen) atoms. The zero-order chi connectivity index (χ0) is 21.3. The number of anilines is 1. The number of aromatic nitrogens is 2. The average molecular weight is 406 g/mol. The molecule has 1 aliphatic heterocycles. The molecule has 1 amide bonds. The van der Waals surface area contributed by atoms with Gasteiger partial charge in [-0.1, -0.05) is 0 Å². The van der Waals surface area contributed by atoms with Gasteiger partial charge in [0.15, 0.2) is 11.5 Å². The first kappa shape index (κ1) is 19.8. The van der Waals surface area contributed by atoms with Crippen LogP contribution >= 0.6 is 0 Å². The average Bonchev–Trinajstić information content (AvgIpc) is 3.06. The number of rotatable bonds is 5. The Morgan fingerprint density at radius 2 is 1.87 bits per heavy atom. The van der Waals surface area contributed by atoms with Gasteiger partial charge in [0, 0.05) is 50.0 Å². The third kappa shape index (κ3) is 3.83. The molecule has 0 aliphatic carbocycles. The monoisotopic (exact) mass is 406 g/mol. The number of carbonyl (C=O) groups excluding carboxylic acids is 1. The van der Waals surface area contributed by atoms with Gasteiger partial charge in [-0.3, -0.25) is 4.79 Å². The summed E-state index contributed by atoms with van der Waals surface area (Å²) in [5.41, 5.74) is 4.46. The van der Waals surface area contributed by atoms with Crippen LogP contribution in [0.3, 0.4) is 0 Å². The summed E-state index contributed by atoms with van der Waals surface area (Å²) in [6, 6.07) is 11.6. The van der Waals surface area contributed by atoms with Gasteiger partial charge in [0.25, 0.3) is 5.91 Å². The first-order chi connectivity index (χ1) is 14.4. The van der Waals surface area contributed by atoms with E-state index in [-0.39, 0.29) is 5.91 Å². The zero-order valence-electron chi connectivity index (χ0n) is 17.7. The van der Waals surface area contributed by atoms with E-state index in [4.69, 9.17) is 9.47 Å². The van der Waals surface area contributed by atoms with Crippen molar-refractivity contribution in [2.24, 2.45) is 0 Å². The summed E-state index contributed by atoms with van der Waals surface area (Å²) in [5.74, 6) is 2.24. The summed E-state index contributed by atoms with van der Waals surface area (Å²) in [6.45, 7) is 5.49. The van der Waals surface area contributed by atoms with E-state index in [9.17, 15) is 4.79 Å². The standard InChI is InChI=1S/C23H26N4O3/c1-15-11-19(23(28)25-14-17-7-8-24-22(12-17)26(3)4)16(2)27(15)18-5-6-20-21(13-18)30-10-9-29-20/h5-8,11-13H,9-10,14H2,1-4H3,(H,25,28). The van der Waals surface area contributed by atoms with Crippen LogP contribution in [-0.4, -0.2) is 42.8 Å². The van der Waals surface area contributed by atoms with Crippen LogP contribution in [0.25, 0.3) is 5.69 Å². The van der Waals surface area contributed by atoms with Crippen molar-refractivity contribution in [3.05, 3.63) is 65.1 Å². The Bertz CT molecular complexity index is 1090. The highest BCUT2D eigenvalue weighted by Gasteiger charge is 2.19. The summed E-state index contributed by atoms with van der Waals surface area (Å²) in [7, 11) is 3.88. The number of fused-ring (bicyclic) bond motifs is 1. The third-order valence-corrected chi connectivity index (χ3v) is 5.18. The molecule has 2 aromatic heterocycles. The van der Waals surface area contributed by atoms with E-state index < -0.39 is 0 Å². The van der Waals surface area contributed by atoms with Crippen LogP contribution in [0.5, 0.6) is 11.5 Å². The summed E-state index contributed by atoms with van der Waals surface area (Å²) < 4.78 is 13.4. The molecule has 156 valence electrons. The Labute approximate surface area is 176 Å². The normalized spacial score (nSPS) is 12.5. The first-order valence-electron chi connectivity index (χ1n) is 9.93. The second-order valence-electron chi connectivity index (χ2n) is 7.55. The Balaban J connectivity index is 1.54. The third-order valence-electron chi connectivity index (χ3n) is 5.18. The van der Waals surface area contributed by atoms with Crippen molar-refractivity contribution in [2.75, 3.05) is 32.2 Å². The first-order valence-corrected chi connectivity index (χ1v) is 9.93. The molecule has 0 unspecified atom stereocenters. The maximum Gasteiger partial charge on any atom is 0.253 e. The Hall–Kier alpha value is -3.48. The number of carbonyl (C=O) groups is 1. The fraction of sp³-hybridized carbons (Fsp3) is 0.304. The quantitative estimate of drug-likeness (QED) is 0.704. The fourth-order valence-electron chi connectivity index (χ4n) is 3.65. The highest BCUT2D eigenvalue weighted by molar-refractivity contribution is 5.95. The van der Waals surface area contributed by atoms with Gasteiger partial charge in [0.05, 0.1) is 5.56 Å². The fourth-order valence-corrected chi connectivity index (χ4v) is 3.65. The Morgan fingerprint density at radius 3 is 2.63 bits per heavy atom. The highest BCUT2D eigenvalue weighted by atomic mass is 16.6. The predicted octanol–water partition coefficient (Wildman–Crippen LogP) is 3.26. The van der Waals surface area contributed by atoms with E-state index in [2.05, 4.69) is 14.9 Å². The molecule has 3 heterocycles. The largest absolute Gasteiger partial charge is 0.486 e. The van der Waals surface area contributed by atoms with E-state index in [0.717, 1.165) is 40.0 Å². The number of nitrogens with one attached hydrogen (secondary N) is 1. The topological polar surface area (TPSA) is 68.6 Å². The van der Waals surface area contributed by atoms with Crippen LogP contribution in [0.2, 0.25) is 0 Å². The van der Waals surface area contributed by atoms with E-state index in [1.165, 1.54) is 0 Å². The summed E-state index contributed by atoms with van der Waals surface area (Å²) >= 11 is 0. The van der Waals surface area contributed by atoms with Crippen molar-refractivity contribution in [2.45, 2.75) is 20.4 Å². The molecule has 0 spiro atoms. The zero-order valence-corrected chi connectivity index (χ0v) is 17.7. The molecule has 0 bridgehead atoms. The maximum absolute atomic E-state index is 12.9. The van der Waals surface area contributed by atoms with Crippen molar-refractivity contribution in [3.8, 4) is 17.2 Å². The molecule has 0 radical (unpaired) electrons. The van der Waals surface area contributed by atoms with Gasteiger partial charge in [-0.15, -0.1) is 0 Å². The van der Waals surface area contributed by atoms with Crippen molar-refractivity contribution in [1.29, 1.82) is 0 Å². The highest BCUT2D eigenvalue weighted by Crippen LogP contribution is 2.33. The number of hydrogen-bond donors (Lipinski definition) is 1.